The van der Waals surface area contributed by atoms with E-state index in [9.17, 15) is 0 Å². The summed E-state index contributed by atoms with van der Waals surface area (Å²) >= 11 is 0. The summed E-state index contributed by atoms with van der Waals surface area (Å²) < 4.78 is 5.26. The van der Waals surface area contributed by atoms with Crippen LogP contribution in [0.5, 0.6) is 5.75 Å². The Morgan fingerprint density at radius 3 is 2.15 bits per heavy atom. The second kappa shape index (κ2) is 5.38. The van der Waals surface area contributed by atoms with Crippen molar-refractivity contribution in [2.75, 3.05) is 7.11 Å². The van der Waals surface area contributed by atoms with Gasteiger partial charge in [0, 0.05) is 0 Å². The number of methoxy groups -OCH3 is 1. The molecule has 0 saturated carbocycles. The standard InChI is InChI=1S/C19H18O/c1-14-3-5-15(6-4-14)11-16-7-8-18-13-19(20-2)10-9-17(18)12-16/h3-10,12-13H,11H2,1-2H3. The van der Waals surface area contributed by atoms with Gasteiger partial charge in [-0.15, -0.1) is 0 Å². The number of aryl methyl sites for hydroxylation is 1. The van der Waals surface area contributed by atoms with Crippen LogP contribution in [0.4, 0.5) is 0 Å². The summed E-state index contributed by atoms with van der Waals surface area (Å²) in [6.45, 7) is 2.12. The van der Waals surface area contributed by atoms with Crippen LogP contribution >= 0.6 is 0 Å². The van der Waals surface area contributed by atoms with E-state index in [-0.39, 0.29) is 0 Å². The average molecular weight is 262 g/mol. The van der Waals surface area contributed by atoms with Gasteiger partial charge in [-0.25, -0.2) is 0 Å². The van der Waals surface area contributed by atoms with Crippen LogP contribution in [0.25, 0.3) is 10.8 Å². The molecule has 1 nitrogen and oxygen atoms in total. The molecule has 0 aliphatic carbocycles. The number of ether oxygens (including phenoxy) is 1. The van der Waals surface area contributed by atoms with Crippen molar-refractivity contribution in [2.24, 2.45) is 0 Å². The zero-order chi connectivity index (χ0) is 13.9. The molecule has 0 unspecified atom stereocenters. The lowest BCUT2D eigenvalue weighted by molar-refractivity contribution is 0.415. The molecule has 0 saturated heterocycles. The fourth-order valence-corrected chi connectivity index (χ4v) is 2.45. The van der Waals surface area contributed by atoms with Crippen LogP contribution in [-0.2, 0) is 6.42 Å². The number of benzene rings is 3. The second-order valence-corrected chi connectivity index (χ2v) is 5.21. The van der Waals surface area contributed by atoms with Crippen LogP contribution < -0.4 is 4.74 Å². The van der Waals surface area contributed by atoms with E-state index in [1.54, 1.807) is 7.11 Å². The largest absolute Gasteiger partial charge is 0.497 e. The molecule has 3 aromatic rings. The number of fused-ring (bicyclic) bond motifs is 1. The minimum absolute atomic E-state index is 0.906. The molecule has 0 amide bonds. The predicted octanol–water partition coefficient (Wildman–Crippen LogP) is 4.75. The molecule has 0 heterocycles. The van der Waals surface area contributed by atoms with Gasteiger partial charge in [0.25, 0.3) is 0 Å². The molecular weight excluding hydrogens is 244 g/mol. The van der Waals surface area contributed by atoms with Gasteiger partial charge < -0.3 is 4.74 Å². The Hall–Kier alpha value is -2.28. The summed E-state index contributed by atoms with van der Waals surface area (Å²) in [4.78, 5) is 0. The van der Waals surface area contributed by atoms with Gasteiger partial charge >= 0.3 is 0 Å². The molecule has 3 rings (SSSR count). The molecule has 0 spiro atoms. The first-order valence-corrected chi connectivity index (χ1v) is 6.87. The Morgan fingerprint density at radius 1 is 0.750 bits per heavy atom. The van der Waals surface area contributed by atoms with Crippen molar-refractivity contribution in [3.8, 4) is 5.75 Å². The monoisotopic (exact) mass is 262 g/mol. The quantitative estimate of drug-likeness (QED) is 0.662. The van der Waals surface area contributed by atoms with Gasteiger partial charge in [-0.3, -0.25) is 0 Å². The third-order valence-corrected chi connectivity index (χ3v) is 3.64. The average Bonchev–Trinajstić information content (AvgIpc) is 2.49. The third-order valence-electron chi connectivity index (χ3n) is 3.64. The van der Waals surface area contributed by atoms with E-state index in [0.29, 0.717) is 0 Å². The van der Waals surface area contributed by atoms with E-state index in [4.69, 9.17) is 4.74 Å². The van der Waals surface area contributed by atoms with Crippen molar-refractivity contribution in [3.63, 3.8) is 0 Å². The van der Waals surface area contributed by atoms with Gasteiger partial charge in [-0.05, 0) is 47.4 Å². The maximum atomic E-state index is 5.26. The summed E-state index contributed by atoms with van der Waals surface area (Å²) in [5.41, 5.74) is 3.99. The summed E-state index contributed by atoms with van der Waals surface area (Å²) in [6.07, 6.45) is 0.974. The summed E-state index contributed by atoms with van der Waals surface area (Å²) in [6, 6.07) is 21.6. The molecule has 0 aliphatic rings. The van der Waals surface area contributed by atoms with E-state index >= 15 is 0 Å². The van der Waals surface area contributed by atoms with Crippen molar-refractivity contribution in [3.05, 3.63) is 77.4 Å². The van der Waals surface area contributed by atoms with Crippen LogP contribution in [0.15, 0.2) is 60.7 Å². The topological polar surface area (TPSA) is 9.23 Å². The van der Waals surface area contributed by atoms with E-state index in [2.05, 4.69) is 61.5 Å². The normalized spacial score (nSPS) is 10.7. The van der Waals surface area contributed by atoms with Gasteiger partial charge in [0.15, 0.2) is 0 Å². The predicted molar refractivity (Wildman–Crippen MR) is 84.5 cm³/mol. The van der Waals surface area contributed by atoms with E-state index in [0.717, 1.165) is 12.2 Å². The fraction of sp³-hybridized carbons (Fsp3) is 0.158. The van der Waals surface area contributed by atoms with Crippen LogP contribution in [0.1, 0.15) is 16.7 Å². The smallest absolute Gasteiger partial charge is 0.119 e. The van der Waals surface area contributed by atoms with Crippen LogP contribution in [-0.4, -0.2) is 7.11 Å². The lowest BCUT2D eigenvalue weighted by Crippen LogP contribution is -1.89. The van der Waals surface area contributed by atoms with E-state index in [1.165, 1.54) is 27.5 Å². The van der Waals surface area contributed by atoms with Crippen molar-refractivity contribution in [2.45, 2.75) is 13.3 Å². The molecule has 0 radical (unpaired) electrons. The Morgan fingerprint density at radius 2 is 1.40 bits per heavy atom. The minimum Gasteiger partial charge on any atom is -0.497 e. The highest BCUT2D eigenvalue weighted by atomic mass is 16.5. The second-order valence-electron chi connectivity index (χ2n) is 5.21. The first kappa shape index (κ1) is 12.7. The molecular formula is C19H18O. The number of hydrogen-bond acceptors (Lipinski definition) is 1. The molecule has 3 aromatic carbocycles. The SMILES string of the molecule is COc1ccc2cc(Cc3ccc(C)cc3)ccc2c1. The number of rotatable bonds is 3. The Labute approximate surface area is 119 Å². The first-order valence-electron chi connectivity index (χ1n) is 6.87. The maximum absolute atomic E-state index is 5.26. The van der Waals surface area contributed by atoms with Crippen LogP contribution in [0.2, 0.25) is 0 Å². The van der Waals surface area contributed by atoms with Crippen molar-refractivity contribution >= 4 is 10.8 Å². The zero-order valence-electron chi connectivity index (χ0n) is 11.9. The highest BCUT2D eigenvalue weighted by Gasteiger charge is 2.00. The maximum Gasteiger partial charge on any atom is 0.119 e. The molecule has 0 aromatic heterocycles. The third kappa shape index (κ3) is 2.67. The fourth-order valence-electron chi connectivity index (χ4n) is 2.45. The van der Waals surface area contributed by atoms with E-state index < -0.39 is 0 Å². The van der Waals surface area contributed by atoms with Crippen LogP contribution in [0, 0.1) is 6.92 Å². The van der Waals surface area contributed by atoms with Gasteiger partial charge in [0.05, 0.1) is 7.11 Å². The molecule has 0 bridgehead atoms. The van der Waals surface area contributed by atoms with Gasteiger partial charge in [-0.2, -0.15) is 0 Å². The molecule has 0 fully saturated rings. The van der Waals surface area contributed by atoms with Crippen molar-refractivity contribution < 1.29 is 4.74 Å². The molecule has 1 heteroatoms. The summed E-state index contributed by atoms with van der Waals surface area (Å²) in [7, 11) is 1.70. The first-order chi connectivity index (χ1) is 9.74. The molecule has 0 atom stereocenters. The highest BCUT2D eigenvalue weighted by Crippen LogP contribution is 2.23. The lowest BCUT2D eigenvalue weighted by atomic mass is 10.0. The molecule has 0 N–H and O–H groups in total. The number of hydrogen-bond donors (Lipinski definition) is 0. The van der Waals surface area contributed by atoms with Crippen molar-refractivity contribution in [1.82, 2.24) is 0 Å². The van der Waals surface area contributed by atoms with Gasteiger partial charge in [0.1, 0.15) is 5.75 Å². The zero-order valence-corrected chi connectivity index (χ0v) is 11.9. The summed E-state index contributed by atoms with van der Waals surface area (Å²) in [5.74, 6) is 0.906. The van der Waals surface area contributed by atoms with E-state index in [1.807, 2.05) is 6.07 Å². The Bertz CT molecular complexity index is 726. The lowest BCUT2D eigenvalue weighted by Gasteiger charge is -2.06. The molecule has 100 valence electrons. The van der Waals surface area contributed by atoms with Crippen LogP contribution in [0.3, 0.4) is 0 Å². The Balaban J connectivity index is 1.90. The minimum atomic E-state index is 0.906. The Kier molecular flexibility index (Phi) is 3.42. The summed E-state index contributed by atoms with van der Waals surface area (Å²) in [5, 5.41) is 2.48. The molecule has 20 heavy (non-hydrogen) atoms. The van der Waals surface area contributed by atoms with Gasteiger partial charge in [-0.1, -0.05) is 54.1 Å². The highest BCUT2D eigenvalue weighted by molar-refractivity contribution is 5.84. The van der Waals surface area contributed by atoms with Gasteiger partial charge in [0.2, 0.25) is 0 Å². The molecule has 0 aliphatic heterocycles. The van der Waals surface area contributed by atoms with Crippen molar-refractivity contribution in [1.29, 1.82) is 0 Å².